The molecule has 126 valence electrons. The number of nitrogens with zero attached hydrogens (tertiary/aromatic N) is 3. The molecule has 0 amide bonds. The minimum Gasteiger partial charge on any atom is -0.486 e. The number of hydrogen-bond donors (Lipinski definition) is 2. The Morgan fingerprint density at radius 1 is 0.960 bits per heavy atom. The van der Waals surface area contributed by atoms with Crippen molar-refractivity contribution in [3.05, 3.63) is 53.7 Å². The zero-order chi connectivity index (χ0) is 17.1. The highest BCUT2D eigenvalue weighted by molar-refractivity contribution is 6.33. The molecule has 0 spiro atoms. The molecule has 0 unspecified atom stereocenters. The first kappa shape index (κ1) is 15.5. The number of fused-ring (bicyclic) bond motifs is 1. The largest absolute Gasteiger partial charge is 0.486 e. The molecule has 0 atom stereocenters. The molecule has 0 aliphatic carbocycles. The fraction of sp³-hybridized carbons (Fsp3) is 0.118. The van der Waals surface area contributed by atoms with Gasteiger partial charge >= 0.3 is 0 Å². The molecule has 8 heteroatoms. The summed E-state index contributed by atoms with van der Waals surface area (Å²) in [6.45, 7) is 1.09. The standard InChI is InChI=1S/C17H14ClN5O2/c18-12-3-1-2-4-13(12)21-16-10-19-23-17(22-16)20-11-5-6-14-15(9-11)25-8-7-24-14/h1-6,9-10H,7-8H2,(H2,20,21,22,23). The third-order valence-corrected chi connectivity index (χ3v) is 3.82. The highest BCUT2D eigenvalue weighted by Gasteiger charge is 2.12. The van der Waals surface area contributed by atoms with Gasteiger partial charge in [0, 0.05) is 11.8 Å². The maximum Gasteiger partial charge on any atom is 0.249 e. The van der Waals surface area contributed by atoms with Crippen molar-refractivity contribution in [2.24, 2.45) is 0 Å². The first-order valence-corrected chi connectivity index (χ1v) is 8.04. The van der Waals surface area contributed by atoms with E-state index in [0.29, 0.717) is 35.8 Å². The van der Waals surface area contributed by atoms with E-state index in [1.54, 1.807) is 6.07 Å². The fourth-order valence-corrected chi connectivity index (χ4v) is 2.55. The van der Waals surface area contributed by atoms with Crippen LogP contribution in [-0.2, 0) is 0 Å². The van der Waals surface area contributed by atoms with Gasteiger partial charge in [-0.15, -0.1) is 5.10 Å². The monoisotopic (exact) mass is 355 g/mol. The topological polar surface area (TPSA) is 81.2 Å². The third kappa shape index (κ3) is 3.56. The minimum absolute atomic E-state index is 0.355. The van der Waals surface area contributed by atoms with Crippen LogP contribution in [0.25, 0.3) is 0 Å². The number of benzene rings is 2. The van der Waals surface area contributed by atoms with Crippen molar-refractivity contribution < 1.29 is 9.47 Å². The van der Waals surface area contributed by atoms with E-state index in [2.05, 4.69) is 25.8 Å². The van der Waals surface area contributed by atoms with Crippen LogP contribution in [0.2, 0.25) is 5.02 Å². The first-order chi connectivity index (χ1) is 12.3. The van der Waals surface area contributed by atoms with E-state index in [1.165, 1.54) is 6.20 Å². The Labute approximate surface area is 149 Å². The van der Waals surface area contributed by atoms with Crippen molar-refractivity contribution in [1.29, 1.82) is 0 Å². The summed E-state index contributed by atoms with van der Waals surface area (Å²) in [5.41, 5.74) is 1.52. The fourth-order valence-electron chi connectivity index (χ4n) is 2.37. The van der Waals surface area contributed by atoms with Gasteiger partial charge in [0.25, 0.3) is 0 Å². The molecule has 1 aromatic heterocycles. The van der Waals surface area contributed by atoms with Crippen LogP contribution in [0.5, 0.6) is 11.5 Å². The lowest BCUT2D eigenvalue weighted by Crippen LogP contribution is -2.15. The SMILES string of the molecule is Clc1ccccc1Nc1cnnc(Nc2ccc3c(c2)OCCO3)n1. The molecule has 4 rings (SSSR count). The van der Waals surface area contributed by atoms with E-state index in [0.717, 1.165) is 17.1 Å². The van der Waals surface area contributed by atoms with Gasteiger partial charge in [0.05, 0.1) is 16.9 Å². The maximum absolute atomic E-state index is 6.14. The van der Waals surface area contributed by atoms with E-state index < -0.39 is 0 Å². The number of halogens is 1. The molecule has 0 bridgehead atoms. The Kier molecular flexibility index (Phi) is 4.22. The summed E-state index contributed by atoms with van der Waals surface area (Å²) in [6, 6.07) is 13.0. The van der Waals surface area contributed by atoms with Crippen LogP contribution in [0.15, 0.2) is 48.7 Å². The van der Waals surface area contributed by atoms with Gasteiger partial charge < -0.3 is 20.1 Å². The van der Waals surface area contributed by atoms with Crippen LogP contribution in [-0.4, -0.2) is 28.4 Å². The summed E-state index contributed by atoms with van der Waals surface area (Å²) in [4.78, 5) is 4.39. The van der Waals surface area contributed by atoms with Crippen LogP contribution in [0.1, 0.15) is 0 Å². The second-order valence-corrected chi connectivity index (χ2v) is 5.66. The molecule has 2 N–H and O–H groups in total. The van der Waals surface area contributed by atoms with Gasteiger partial charge in [0.2, 0.25) is 5.95 Å². The van der Waals surface area contributed by atoms with Gasteiger partial charge in [-0.05, 0) is 24.3 Å². The summed E-state index contributed by atoms with van der Waals surface area (Å²) in [6.07, 6.45) is 1.53. The number of hydrogen-bond acceptors (Lipinski definition) is 7. The van der Waals surface area contributed by atoms with Crippen molar-refractivity contribution in [1.82, 2.24) is 15.2 Å². The smallest absolute Gasteiger partial charge is 0.249 e. The number of para-hydroxylation sites is 1. The van der Waals surface area contributed by atoms with Crippen molar-refractivity contribution in [2.75, 3.05) is 23.8 Å². The average Bonchev–Trinajstić information content (AvgIpc) is 2.64. The molecule has 0 fully saturated rings. The Balaban J connectivity index is 1.53. The molecule has 3 aromatic rings. The van der Waals surface area contributed by atoms with E-state index in [4.69, 9.17) is 21.1 Å². The highest BCUT2D eigenvalue weighted by Crippen LogP contribution is 2.33. The summed E-state index contributed by atoms with van der Waals surface area (Å²) in [5.74, 6) is 2.30. The van der Waals surface area contributed by atoms with Crippen molar-refractivity contribution >= 4 is 34.7 Å². The number of nitrogens with one attached hydrogen (secondary N) is 2. The molecule has 0 saturated heterocycles. The Morgan fingerprint density at radius 2 is 1.80 bits per heavy atom. The van der Waals surface area contributed by atoms with E-state index in [9.17, 15) is 0 Å². The molecule has 1 aliphatic heterocycles. The number of ether oxygens (including phenoxy) is 2. The Bertz CT molecular complexity index is 906. The second-order valence-electron chi connectivity index (χ2n) is 5.25. The zero-order valence-electron chi connectivity index (χ0n) is 13.1. The molecule has 2 aromatic carbocycles. The van der Waals surface area contributed by atoms with Crippen molar-refractivity contribution in [3.63, 3.8) is 0 Å². The summed E-state index contributed by atoms with van der Waals surface area (Å²) < 4.78 is 11.1. The quantitative estimate of drug-likeness (QED) is 0.737. The van der Waals surface area contributed by atoms with Gasteiger partial charge in [0.15, 0.2) is 17.3 Å². The predicted octanol–water partition coefficient (Wildman–Crippen LogP) is 3.78. The molecule has 25 heavy (non-hydrogen) atoms. The lowest BCUT2D eigenvalue weighted by atomic mass is 10.2. The number of rotatable bonds is 4. The molecule has 2 heterocycles. The molecule has 0 radical (unpaired) electrons. The number of aromatic nitrogens is 3. The maximum atomic E-state index is 6.14. The van der Waals surface area contributed by atoms with Crippen molar-refractivity contribution in [3.8, 4) is 11.5 Å². The summed E-state index contributed by atoms with van der Waals surface area (Å²) >= 11 is 6.14. The third-order valence-electron chi connectivity index (χ3n) is 3.49. The molecular weight excluding hydrogens is 342 g/mol. The van der Waals surface area contributed by atoms with Crippen LogP contribution < -0.4 is 20.1 Å². The van der Waals surface area contributed by atoms with Gasteiger partial charge in [-0.1, -0.05) is 23.7 Å². The average molecular weight is 356 g/mol. The van der Waals surface area contributed by atoms with E-state index in [-0.39, 0.29) is 0 Å². The Hall–Kier alpha value is -3.06. The zero-order valence-corrected chi connectivity index (χ0v) is 13.8. The molecular formula is C17H14ClN5O2. The van der Waals surface area contributed by atoms with E-state index >= 15 is 0 Å². The predicted molar refractivity (Wildman–Crippen MR) is 95.3 cm³/mol. The summed E-state index contributed by atoms with van der Waals surface area (Å²) in [5, 5.41) is 14.8. The number of anilines is 4. The van der Waals surface area contributed by atoms with Gasteiger partial charge in [0.1, 0.15) is 13.2 Å². The highest BCUT2D eigenvalue weighted by atomic mass is 35.5. The first-order valence-electron chi connectivity index (χ1n) is 7.66. The van der Waals surface area contributed by atoms with Crippen molar-refractivity contribution in [2.45, 2.75) is 0 Å². The van der Waals surface area contributed by atoms with Gasteiger partial charge in [-0.25, -0.2) is 0 Å². The second kappa shape index (κ2) is 6.82. The van der Waals surface area contributed by atoms with Gasteiger partial charge in [-0.2, -0.15) is 10.1 Å². The van der Waals surface area contributed by atoms with E-state index in [1.807, 2.05) is 36.4 Å². The molecule has 7 nitrogen and oxygen atoms in total. The molecule has 1 aliphatic rings. The summed E-state index contributed by atoms with van der Waals surface area (Å²) in [7, 11) is 0. The van der Waals surface area contributed by atoms with Crippen LogP contribution in [0.4, 0.5) is 23.1 Å². The lowest BCUT2D eigenvalue weighted by molar-refractivity contribution is 0.171. The minimum atomic E-state index is 0.355. The van der Waals surface area contributed by atoms with Gasteiger partial charge in [-0.3, -0.25) is 0 Å². The molecule has 0 saturated carbocycles. The van der Waals surface area contributed by atoms with Crippen LogP contribution in [0.3, 0.4) is 0 Å². The normalized spacial score (nSPS) is 12.5. The van der Waals surface area contributed by atoms with Crippen LogP contribution in [0, 0.1) is 0 Å². The lowest BCUT2D eigenvalue weighted by Gasteiger charge is -2.19. The van der Waals surface area contributed by atoms with Crippen LogP contribution >= 0.6 is 11.6 Å². The Morgan fingerprint density at radius 3 is 2.68 bits per heavy atom.